The summed E-state index contributed by atoms with van der Waals surface area (Å²) in [6.07, 6.45) is 1.42. The minimum Gasteiger partial charge on any atom is -0.461 e. The molecule has 0 aliphatic rings. The van der Waals surface area contributed by atoms with Crippen LogP contribution < -0.4 is 5.43 Å². The molecule has 1 N–H and O–H groups in total. The van der Waals surface area contributed by atoms with Crippen LogP contribution in [0.1, 0.15) is 18.1 Å². The molecular weight excluding hydrogens is 424 g/mol. The summed E-state index contributed by atoms with van der Waals surface area (Å²) in [4.78, 5) is 31.2. The lowest BCUT2D eigenvalue weighted by Gasteiger charge is -2.06. The maximum Gasteiger partial charge on any atom is 0.302 e. The minimum absolute atomic E-state index is 0.0207. The molecule has 0 spiro atoms. The summed E-state index contributed by atoms with van der Waals surface area (Å²) in [5, 5.41) is 25.7. The number of nitro benzene ring substituents is 2. The number of non-ortho nitro benzene ring substituents is 1. The van der Waals surface area contributed by atoms with Crippen molar-refractivity contribution in [1.82, 2.24) is 0 Å². The number of nitrogens with zero attached hydrogens (tertiary/aromatic N) is 3. The number of esters is 1. The number of carbonyl (C=O) groups excluding carboxylic acids is 1. The fourth-order valence-corrected chi connectivity index (χ4v) is 2.51. The van der Waals surface area contributed by atoms with Crippen LogP contribution in [0, 0.1) is 20.2 Å². The molecule has 0 atom stereocenters. The molecule has 11 heteroatoms. The lowest BCUT2D eigenvalue weighted by molar-refractivity contribution is -0.393. The van der Waals surface area contributed by atoms with Gasteiger partial charge in [-0.15, -0.1) is 0 Å². The fraction of sp³-hybridized carbons (Fsp3) is 0.125. The van der Waals surface area contributed by atoms with E-state index in [1.807, 2.05) is 0 Å². The van der Waals surface area contributed by atoms with E-state index in [1.165, 1.54) is 19.2 Å². The molecule has 2 aromatic rings. The van der Waals surface area contributed by atoms with Crippen molar-refractivity contribution < 1.29 is 19.4 Å². The molecule has 0 aliphatic carbocycles. The van der Waals surface area contributed by atoms with Crippen molar-refractivity contribution in [3.63, 3.8) is 0 Å². The van der Waals surface area contributed by atoms with Crippen LogP contribution in [0.15, 0.2) is 46.0 Å². The van der Waals surface area contributed by atoms with E-state index in [2.05, 4.69) is 26.5 Å². The summed E-state index contributed by atoms with van der Waals surface area (Å²) in [5.74, 6) is -0.388. The number of hydrazone groups is 1. The smallest absolute Gasteiger partial charge is 0.302 e. The van der Waals surface area contributed by atoms with Crippen molar-refractivity contribution in [2.75, 3.05) is 5.43 Å². The van der Waals surface area contributed by atoms with Gasteiger partial charge in [0, 0.05) is 23.0 Å². The SMILES string of the molecule is CC(=O)OCc1ccc(/C=N\Nc2ccc([N+](=O)[O-])cc2[N+](=O)[O-])cc1Br. The lowest BCUT2D eigenvalue weighted by atomic mass is 10.1. The standard InChI is InChI=1S/C16H13BrN4O6/c1-10(22)27-9-12-3-2-11(6-14(12)17)8-18-19-15-5-4-13(20(23)24)7-16(15)21(25)26/h2-8,19H,9H2,1H3/b18-8-. The van der Waals surface area contributed by atoms with Gasteiger partial charge in [-0.2, -0.15) is 5.10 Å². The number of nitrogens with one attached hydrogen (secondary N) is 1. The molecular formula is C16H13BrN4O6. The Balaban J connectivity index is 2.13. The van der Waals surface area contributed by atoms with Crippen molar-refractivity contribution in [3.05, 3.63) is 72.2 Å². The molecule has 0 fully saturated rings. The summed E-state index contributed by atoms with van der Waals surface area (Å²) in [6, 6.07) is 8.41. The van der Waals surface area contributed by atoms with Crippen LogP contribution in [0.5, 0.6) is 0 Å². The van der Waals surface area contributed by atoms with Gasteiger partial charge >= 0.3 is 11.7 Å². The maximum absolute atomic E-state index is 11.1. The zero-order valence-electron chi connectivity index (χ0n) is 13.9. The Morgan fingerprint density at radius 1 is 1.22 bits per heavy atom. The average Bonchev–Trinajstić information content (AvgIpc) is 2.60. The number of ether oxygens (including phenoxy) is 1. The van der Waals surface area contributed by atoms with Crippen molar-refractivity contribution in [3.8, 4) is 0 Å². The van der Waals surface area contributed by atoms with Gasteiger partial charge in [0.25, 0.3) is 5.69 Å². The topological polar surface area (TPSA) is 137 Å². The average molecular weight is 437 g/mol. The van der Waals surface area contributed by atoms with Gasteiger partial charge in [0.05, 0.1) is 22.1 Å². The molecule has 0 aliphatic heterocycles. The van der Waals surface area contributed by atoms with Crippen molar-refractivity contribution >= 4 is 45.2 Å². The molecule has 0 aromatic heterocycles. The Hall–Kier alpha value is -3.34. The zero-order chi connectivity index (χ0) is 20.0. The Labute approximate surface area is 161 Å². The molecule has 0 unspecified atom stereocenters. The van der Waals surface area contributed by atoms with E-state index in [9.17, 15) is 25.0 Å². The Kier molecular flexibility index (Phi) is 6.55. The van der Waals surface area contributed by atoms with E-state index < -0.39 is 15.5 Å². The van der Waals surface area contributed by atoms with Crippen LogP contribution in [0.25, 0.3) is 0 Å². The highest BCUT2D eigenvalue weighted by atomic mass is 79.9. The van der Waals surface area contributed by atoms with Gasteiger partial charge in [0.15, 0.2) is 0 Å². The Bertz CT molecular complexity index is 931. The molecule has 140 valence electrons. The van der Waals surface area contributed by atoms with Crippen LogP contribution in [0.2, 0.25) is 0 Å². The van der Waals surface area contributed by atoms with Crippen LogP contribution >= 0.6 is 15.9 Å². The second-order valence-corrected chi connectivity index (χ2v) is 6.07. The highest BCUT2D eigenvalue weighted by molar-refractivity contribution is 9.10. The van der Waals surface area contributed by atoms with Crippen LogP contribution in [-0.4, -0.2) is 22.0 Å². The first kappa shape index (κ1) is 20.0. The number of halogens is 1. The molecule has 0 saturated heterocycles. The van der Waals surface area contributed by atoms with Crippen molar-refractivity contribution in [2.45, 2.75) is 13.5 Å². The first-order valence-corrected chi connectivity index (χ1v) is 8.21. The van der Waals surface area contributed by atoms with Crippen LogP contribution in [0.4, 0.5) is 17.1 Å². The number of hydrogen-bond acceptors (Lipinski definition) is 8. The summed E-state index contributed by atoms with van der Waals surface area (Å²) in [7, 11) is 0. The van der Waals surface area contributed by atoms with Crippen molar-refractivity contribution in [1.29, 1.82) is 0 Å². The molecule has 27 heavy (non-hydrogen) atoms. The van der Waals surface area contributed by atoms with Gasteiger partial charge in [0.1, 0.15) is 12.3 Å². The third kappa shape index (κ3) is 5.57. The summed E-state index contributed by atoms with van der Waals surface area (Å²) >= 11 is 3.36. The Morgan fingerprint density at radius 3 is 2.56 bits per heavy atom. The molecule has 0 radical (unpaired) electrons. The normalized spacial score (nSPS) is 10.6. The number of carbonyl (C=O) groups is 1. The number of benzene rings is 2. The largest absolute Gasteiger partial charge is 0.461 e. The number of rotatable bonds is 7. The van der Waals surface area contributed by atoms with E-state index in [-0.39, 0.29) is 24.0 Å². The highest BCUT2D eigenvalue weighted by Crippen LogP contribution is 2.29. The van der Waals surface area contributed by atoms with E-state index in [0.29, 0.717) is 10.0 Å². The van der Waals surface area contributed by atoms with Gasteiger partial charge in [0.2, 0.25) is 0 Å². The molecule has 0 heterocycles. The minimum atomic E-state index is -0.731. The highest BCUT2D eigenvalue weighted by Gasteiger charge is 2.19. The van der Waals surface area contributed by atoms with E-state index in [1.54, 1.807) is 18.2 Å². The number of nitro groups is 2. The summed E-state index contributed by atoms with van der Waals surface area (Å²) < 4.78 is 5.63. The van der Waals surface area contributed by atoms with Crippen molar-refractivity contribution in [2.24, 2.45) is 5.10 Å². The van der Waals surface area contributed by atoms with Gasteiger partial charge in [-0.3, -0.25) is 30.4 Å². The fourth-order valence-electron chi connectivity index (χ4n) is 2.00. The first-order chi connectivity index (χ1) is 12.8. The van der Waals surface area contributed by atoms with Gasteiger partial charge in [-0.05, 0) is 17.7 Å². The third-order valence-corrected chi connectivity index (χ3v) is 4.03. The zero-order valence-corrected chi connectivity index (χ0v) is 15.5. The predicted octanol–water partition coefficient (Wildman–Crippen LogP) is 3.77. The van der Waals surface area contributed by atoms with Crippen LogP contribution in [0.3, 0.4) is 0 Å². The van der Waals surface area contributed by atoms with Crippen LogP contribution in [-0.2, 0) is 16.1 Å². The second kappa shape index (κ2) is 8.85. The number of hydrogen-bond donors (Lipinski definition) is 1. The maximum atomic E-state index is 11.1. The third-order valence-electron chi connectivity index (χ3n) is 3.30. The Morgan fingerprint density at radius 2 is 1.96 bits per heavy atom. The second-order valence-electron chi connectivity index (χ2n) is 5.22. The van der Waals surface area contributed by atoms with E-state index >= 15 is 0 Å². The quantitative estimate of drug-likeness (QED) is 0.301. The lowest BCUT2D eigenvalue weighted by Crippen LogP contribution is -2.00. The monoisotopic (exact) mass is 436 g/mol. The van der Waals surface area contributed by atoms with Gasteiger partial charge in [-0.25, -0.2) is 0 Å². The van der Waals surface area contributed by atoms with Gasteiger partial charge < -0.3 is 4.74 Å². The molecule has 0 saturated carbocycles. The first-order valence-electron chi connectivity index (χ1n) is 7.41. The molecule has 0 bridgehead atoms. The van der Waals surface area contributed by atoms with Gasteiger partial charge in [-0.1, -0.05) is 28.1 Å². The molecule has 0 amide bonds. The van der Waals surface area contributed by atoms with E-state index in [0.717, 1.165) is 17.7 Å². The molecule has 10 nitrogen and oxygen atoms in total. The molecule has 2 rings (SSSR count). The number of anilines is 1. The van der Waals surface area contributed by atoms with E-state index in [4.69, 9.17) is 4.74 Å². The molecule has 2 aromatic carbocycles. The summed E-state index contributed by atoms with van der Waals surface area (Å²) in [5.41, 5.74) is 3.12. The summed E-state index contributed by atoms with van der Waals surface area (Å²) in [6.45, 7) is 1.44. The predicted molar refractivity (Wildman–Crippen MR) is 101 cm³/mol.